The number of rotatable bonds is 4. The molecule has 0 fully saturated rings. The van der Waals surface area contributed by atoms with Crippen LogP contribution >= 0.6 is 0 Å². The average Bonchev–Trinajstić information content (AvgIpc) is 2.87. The number of hydrogen-bond acceptors (Lipinski definition) is 4. The first kappa shape index (κ1) is 12.7. The van der Waals surface area contributed by atoms with E-state index < -0.39 is 0 Å². The number of nitrogens with zero attached hydrogens (tertiary/aromatic N) is 2. The van der Waals surface area contributed by atoms with Gasteiger partial charge in [-0.3, -0.25) is 0 Å². The number of fused-ring (bicyclic) bond motifs is 1. The van der Waals surface area contributed by atoms with Gasteiger partial charge >= 0.3 is 0 Å². The standard InChI is InChI=1S/C16H16N2O2/c1-3-12-5-7-13(8-6-12)19-10-15-18-14-9-4-11(2)17-16(14)20-15/h4-9H,3,10H2,1-2H3. The van der Waals surface area contributed by atoms with Crippen LogP contribution in [0, 0.1) is 6.92 Å². The van der Waals surface area contributed by atoms with Crippen molar-refractivity contribution in [3.8, 4) is 5.75 Å². The van der Waals surface area contributed by atoms with Crippen molar-refractivity contribution in [3.05, 3.63) is 53.5 Å². The minimum Gasteiger partial charge on any atom is -0.484 e. The van der Waals surface area contributed by atoms with Crippen LogP contribution in [0.2, 0.25) is 0 Å². The summed E-state index contributed by atoms with van der Waals surface area (Å²) in [5.41, 5.74) is 3.52. The van der Waals surface area contributed by atoms with Gasteiger partial charge in [0.05, 0.1) is 0 Å². The third-order valence-corrected chi connectivity index (χ3v) is 3.13. The summed E-state index contributed by atoms with van der Waals surface area (Å²) in [6, 6.07) is 11.9. The lowest BCUT2D eigenvalue weighted by Gasteiger charge is -2.03. The number of aromatic nitrogens is 2. The number of oxazole rings is 1. The minimum atomic E-state index is 0.306. The van der Waals surface area contributed by atoms with Crippen molar-refractivity contribution in [1.29, 1.82) is 0 Å². The number of benzene rings is 1. The second-order valence-corrected chi connectivity index (χ2v) is 4.67. The molecule has 0 radical (unpaired) electrons. The molecular weight excluding hydrogens is 252 g/mol. The molecule has 3 rings (SSSR count). The van der Waals surface area contributed by atoms with E-state index >= 15 is 0 Å². The third-order valence-electron chi connectivity index (χ3n) is 3.13. The topological polar surface area (TPSA) is 48.2 Å². The second kappa shape index (κ2) is 5.33. The maximum absolute atomic E-state index is 5.67. The highest BCUT2D eigenvalue weighted by molar-refractivity contribution is 5.67. The summed E-state index contributed by atoms with van der Waals surface area (Å²) >= 11 is 0. The quantitative estimate of drug-likeness (QED) is 0.724. The molecule has 1 aromatic carbocycles. The van der Waals surface area contributed by atoms with Crippen LogP contribution < -0.4 is 4.74 Å². The zero-order valence-electron chi connectivity index (χ0n) is 11.6. The van der Waals surface area contributed by atoms with Gasteiger partial charge in [0.25, 0.3) is 0 Å². The first-order valence-corrected chi connectivity index (χ1v) is 6.69. The first-order chi connectivity index (χ1) is 9.74. The Morgan fingerprint density at radius 2 is 1.85 bits per heavy atom. The molecule has 4 heteroatoms. The Hall–Kier alpha value is -2.36. The molecule has 0 bridgehead atoms. The smallest absolute Gasteiger partial charge is 0.247 e. The Bertz CT molecular complexity index is 717. The maximum atomic E-state index is 5.67. The van der Waals surface area contributed by atoms with Gasteiger partial charge in [0.1, 0.15) is 11.3 Å². The molecule has 20 heavy (non-hydrogen) atoms. The largest absolute Gasteiger partial charge is 0.484 e. The van der Waals surface area contributed by atoms with Crippen molar-refractivity contribution >= 4 is 11.2 Å². The van der Waals surface area contributed by atoms with Gasteiger partial charge in [-0.2, -0.15) is 0 Å². The van der Waals surface area contributed by atoms with Gasteiger partial charge in [-0.15, -0.1) is 0 Å². The molecule has 2 heterocycles. The molecule has 0 aliphatic carbocycles. The molecule has 0 amide bonds. The monoisotopic (exact) mass is 268 g/mol. The van der Waals surface area contributed by atoms with E-state index in [1.54, 1.807) is 0 Å². The fourth-order valence-corrected chi connectivity index (χ4v) is 1.98. The fraction of sp³-hybridized carbons (Fsp3) is 0.250. The van der Waals surface area contributed by atoms with Gasteiger partial charge in [-0.05, 0) is 43.2 Å². The number of hydrogen-bond donors (Lipinski definition) is 0. The van der Waals surface area contributed by atoms with E-state index in [1.807, 2.05) is 31.2 Å². The molecule has 4 nitrogen and oxygen atoms in total. The summed E-state index contributed by atoms with van der Waals surface area (Å²) in [5.74, 6) is 1.35. The third kappa shape index (κ3) is 2.64. The first-order valence-electron chi connectivity index (χ1n) is 6.69. The Labute approximate surface area is 117 Å². The summed E-state index contributed by atoms with van der Waals surface area (Å²) in [4.78, 5) is 8.64. The van der Waals surface area contributed by atoms with Crippen LogP contribution in [0.15, 0.2) is 40.8 Å². The van der Waals surface area contributed by atoms with Crippen LogP contribution in [0.1, 0.15) is 24.1 Å². The number of pyridine rings is 1. The van der Waals surface area contributed by atoms with Crippen LogP contribution in [0.5, 0.6) is 5.75 Å². The molecule has 2 aromatic heterocycles. The summed E-state index contributed by atoms with van der Waals surface area (Å²) < 4.78 is 11.2. The lowest BCUT2D eigenvalue weighted by Crippen LogP contribution is -1.95. The van der Waals surface area contributed by atoms with Gasteiger partial charge in [0, 0.05) is 5.69 Å². The summed E-state index contributed by atoms with van der Waals surface area (Å²) in [5, 5.41) is 0. The molecule has 0 unspecified atom stereocenters. The highest BCUT2D eigenvalue weighted by Gasteiger charge is 2.07. The van der Waals surface area contributed by atoms with E-state index in [-0.39, 0.29) is 0 Å². The summed E-state index contributed by atoms with van der Waals surface area (Å²) in [7, 11) is 0. The molecular formula is C16H16N2O2. The van der Waals surface area contributed by atoms with Crippen molar-refractivity contribution in [2.45, 2.75) is 26.9 Å². The molecule has 0 spiro atoms. The van der Waals surface area contributed by atoms with Crippen LogP contribution in [0.25, 0.3) is 11.2 Å². The molecule has 0 atom stereocenters. The van der Waals surface area contributed by atoms with Crippen LogP contribution in [0.3, 0.4) is 0 Å². The predicted molar refractivity (Wildman–Crippen MR) is 76.7 cm³/mol. The zero-order valence-corrected chi connectivity index (χ0v) is 11.6. The molecule has 0 aliphatic rings. The van der Waals surface area contributed by atoms with E-state index in [0.717, 1.165) is 23.4 Å². The molecule has 0 saturated carbocycles. The van der Waals surface area contributed by atoms with Gasteiger partial charge < -0.3 is 9.15 Å². The Kier molecular flexibility index (Phi) is 3.37. The fourth-order valence-electron chi connectivity index (χ4n) is 1.98. The summed E-state index contributed by atoms with van der Waals surface area (Å²) in [6.45, 7) is 4.36. The second-order valence-electron chi connectivity index (χ2n) is 4.67. The van der Waals surface area contributed by atoms with E-state index in [9.17, 15) is 0 Å². The Morgan fingerprint density at radius 1 is 1.05 bits per heavy atom. The van der Waals surface area contributed by atoms with Crippen molar-refractivity contribution in [2.24, 2.45) is 0 Å². The van der Waals surface area contributed by atoms with E-state index in [0.29, 0.717) is 18.2 Å². The summed E-state index contributed by atoms with van der Waals surface area (Å²) in [6.07, 6.45) is 1.02. The molecule has 102 valence electrons. The predicted octanol–water partition coefficient (Wildman–Crippen LogP) is 3.67. The van der Waals surface area contributed by atoms with Crippen LogP contribution in [-0.4, -0.2) is 9.97 Å². The maximum Gasteiger partial charge on any atom is 0.247 e. The van der Waals surface area contributed by atoms with Crippen molar-refractivity contribution < 1.29 is 9.15 Å². The van der Waals surface area contributed by atoms with Crippen LogP contribution in [0.4, 0.5) is 0 Å². The molecule has 3 aromatic rings. The zero-order chi connectivity index (χ0) is 13.9. The van der Waals surface area contributed by atoms with E-state index in [2.05, 4.69) is 29.0 Å². The van der Waals surface area contributed by atoms with Crippen molar-refractivity contribution in [3.63, 3.8) is 0 Å². The number of aryl methyl sites for hydroxylation is 2. The highest BCUT2D eigenvalue weighted by Crippen LogP contribution is 2.17. The molecule has 0 aliphatic heterocycles. The highest BCUT2D eigenvalue weighted by atomic mass is 16.5. The van der Waals surface area contributed by atoms with Crippen LogP contribution in [-0.2, 0) is 13.0 Å². The van der Waals surface area contributed by atoms with Gasteiger partial charge in [-0.25, -0.2) is 9.97 Å². The van der Waals surface area contributed by atoms with E-state index in [4.69, 9.17) is 9.15 Å². The minimum absolute atomic E-state index is 0.306. The SMILES string of the molecule is CCc1ccc(OCc2nc3ccc(C)nc3o2)cc1. The Balaban J connectivity index is 1.72. The number of ether oxygens (including phenoxy) is 1. The van der Waals surface area contributed by atoms with Crippen molar-refractivity contribution in [2.75, 3.05) is 0 Å². The van der Waals surface area contributed by atoms with E-state index in [1.165, 1.54) is 5.56 Å². The normalized spacial score (nSPS) is 10.9. The molecule has 0 saturated heterocycles. The Morgan fingerprint density at radius 3 is 2.60 bits per heavy atom. The average molecular weight is 268 g/mol. The van der Waals surface area contributed by atoms with Gasteiger partial charge in [-0.1, -0.05) is 19.1 Å². The van der Waals surface area contributed by atoms with Gasteiger partial charge in [0.2, 0.25) is 11.6 Å². The van der Waals surface area contributed by atoms with Gasteiger partial charge in [0.15, 0.2) is 6.61 Å². The lowest BCUT2D eigenvalue weighted by atomic mass is 10.2. The molecule has 0 N–H and O–H groups in total. The lowest BCUT2D eigenvalue weighted by molar-refractivity contribution is 0.266. The van der Waals surface area contributed by atoms with Crippen molar-refractivity contribution in [1.82, 2.24) is 9.97 Å².